The van der Waals surface area contributed by atoms with Crippen LogP contribution in [-0.4, -0.2) is 27.4 Å². The Hall–Kier alpha value is -2.47. The number of aromatic amines is 1. The molecule has 0 spiro atoms. The zero-order valence-electron chi connectivity index (χ0n) is 12.8. The smallest absolute Gasteiger partial charge is 0.257 e. The van der Waals surface area contributed by atoms with E-state index in [1.165, 1.54) is 0 Å². The number of nitrogens with zero attached hydrogens (tertiary/aromatic N) is 2. The van der Waals surface area contributed by atoms with E-state index in [4.69, 9.17) is 4.74 Å². The zero-order chi connectivity index (χ0) is 16.0. The number of fused-ring (bicyclic) bond motifs is 2. The molecule has 0 saturated carbocycles. The Kier molecular flexibility index (Phi) is 3.27. The minimum absolute atomic E-state index is 0.104. The van der Waals surface area contributed by atoms with Crippen LogP contribution in [0, 0.1) is 6.92 Å². The lowest BCUT2D eigenvalue weighted by Crippen LogP contribution is -2.35. The van der Waals surface area contributed by atoms with Crippen molar-refractivity contribution in [1.82, 2.24) is 14.9 Å². The number of carbonyl (C=O) groups excluding carboxylic acids is 1. The molecule has 2 aliphatic heterocycles. The summed E-state index contributed by atoms with van der Waals surface area (Å²) in [6.07, 6.45) is 0.232. The highest BCUT2D eigenvalue weighted by atomic mass is 16.5. The maximum atomic E-state index is 12.9. The monoisotopic (exact) mass is 311 g/mol. The number of carbonyl (C=O) groups is 1. The highest BCUT2D eigenvalue weighted by molar-refractivity contribution is 5.83. The van der Waals surface area contributed by atoms with E-state index in [1.807, 2.05) is 24.3 Å². The van der Waals surface area contributed by atoms with Gasteiger partial charge in [-0.3, -0.25) is 9.59 Å². The topological polar surface area (TPSA) is 75.3 Å². The summed E-state index contributed by atoms with van der Waals surface area (Å²) in [4.78, 5) is 33.6. The van der Waals surface area contributed by atoms with Gasteiger partial charge >= 0.3 is 0 Å². The van der Waals surface area contributed by atoms with E-state index in [1.54, 1.807) is 11.8 Å². The first kappa shape index (κ1) is 14.1. The van der Waals surface area contributed by atoms with Crippen LogP contribution < -0.4 is 5.56 Å². The van der Waals surface area contributed by atoms with Crippen LogP contribution >= 0.6 is 0 Å². The molecule has 0 aliphatic carbocycles. The third-order valence-corrected chi connectivity index (χ3v) is 4.44. The summed E-state index contributed by atoms with van der Waals surface area (Å²) >= 11 is 0. The van der Waals surface area contributed by atoms with Gasteiger partial charge in [0.05, 0.1) is 31.0 Å². The van der Waals surface area contributed by atoms with Gasteiger partial charge < -0.3 is 14.6 Å². The molecule has 2 aromatic rings. The molecule has 2 aliphatic rings. The van der Waals surface area contributed by atoms with Crippen LogP contribution in [0.25, 0.3) is 0 Å². The lowest BCUT2D eigenvalue weighted by atomic mass is 9.97. The van der Waals surface area contributed by atoms with E-state index < -0.39 is 6.10 Å². The molecule has 4 rings (SSSR count). The second-order valence-electron chi connectivity index (χ2n) is 5.97. The lowest BCUT2D eigenvalue weighted by Gasteiger charge is -2.28. The number of aryl methyl sites for hydroxylation is 1. The number of aromatic nitrogens is 2. The van der Waals surface area contributed by atoms with Crippen molar-refractivity contribution in [1.29, 1.82) is 0 Å². The molecule has 6 heteroatoms. The van der Waals surface area contributed by atoms with Gasteiger partial charge in [-0.2, -0.15) is 0 Å². The predicted octanol–water partition coefficient (Wildman–Crippen LogP) is 1.23. The van der Waals surface area contributed by atoms with Crippen LogP contribution in [0.4, 0.5) is 0 Å². The maximum Gasteiger partial charge on any atom is 0.257 e. The summed E-state index contributed by atoms with van der Waals surface area (Å²) in [7, 11) is 0. The third kappa shape index (κ3) is 2.35. The van der Waals surface area contributed by atoms with Gasteiger partial charge in [0, 0.05) is 0 Å². The molecule has 0 bridgehead atoms. The van der Waals surface area contributed by atoms with Crippen molar-refractivity contribution in [3.8, 4) is 0 Å². The number of hydrogen-bond acceptors (Lipinski definition) is 4. The first-order valence-corrected chi connectivity index (χ1v) is 7.70. The van der Waals surface area contributed by atoms with Crippen molar-refractivity contribution >= 4 is 5.91 Å². The fourth-order valence-corrected chi connectivity index (χ4v) is 3.31. The van der Waals surface area contributed by atoms with E-state index in [-0.39, 0.29) is 11.5 Å². The Balaban J connectivity index is 1.63. The SMILES string of the molecule is Cc1nc2c(c(=O)[nH]1)CN(C(=O)C1OCCc3ccccc31)C2. The quantitative estimate of drug-likeness (QED) is 0.859. The lowest BCUT2D eigenvalue weighted by molar-refractivity contribution is -0.145. The molecule has 1 atom stereocenters. The average molecular weight is 311 g/mol. The molecule has 1 N–H and O–H groups in total. The van der Waals surface area contributed by atoms with Gasteiger partial charge in [-0.25, -0.2) is 4.98 Å². The largest absolute Gasteiger partial charge is 0.363 e. The highest BCUT2D eigenvalue weighted by Gasteiger charge is 2.35. The molecule has 0 saturated heterocycles. The van der Waals surface area contributed by atoms with Crippen molar-refractivity contribution < 1.29 is 9.53 Å². The summed E-state index contributed by atoms with van der Waals surface area (Å²) in [5.74, 6) is 0.467. The predicted molar refractivity (Wildman–Crippen MR) is 82.7 cm³/mol. The molecule has 0 radical (unpaired) electrons. The Labute approximate surface area is 133 Å². The van der Waals surface area contributed by atoms with E-state index >= 15 is 0 Å². The molecular formula is C17H17N3O3. The van der Waals surface area contributed by atoms with Gasteiger partial charge in [-0.1, -0.05) is 24.3 Å². The Morgan fingerprint density at radius 3 is 3.04 bits per heavy atom. The first-order chi connectivity index (χ1) is 11.1. The van der Waals surface area contributed by atoms with Gasteiger partial charge in [0.15, 0.2) is 6.10 Å². The summed E-state index contributed by atoms with van der Waals surface area (Å²) < 4.78 is 5.73. The number of hydrogen-bond donors (Lipinski definition) is 1. The molecule has 1 aromatic carbocycles. The molecule has 1 amide bonds. The van der Waals surface area contributed by atoms with Crippen molar-refractivity contribution in [2.45, 2.75) is 32.5 Å². The van der Waals surface area contributed by atoms with Crippen molar-refractivity contribution in [2.24, 2.45) is 0 Å². The molecule has 1 aromatic heterocycles. The molecule has 0 fully saturated rings. The number of H-pyrrole nitrogens is 1. The highest BCUT2D eigenvalue weighted by Crippen LogP contribution is 2.30. The summed E-state index contributed by atoms with van der Waals surface area (Å²) in [5, 5.41) is 0. The van der Waals surface area contributed by atoms with Crippen molar-refractivity contribution in [3.63, 3.8) is 0 Å². The summed E-state index contributed by atoms with van der Waals surface area (Å²) in [5.41, 5.74) is 3.18. The molecule has 6 nitrogen and oxygen atoms in total. The number of nitrogens with one attached hydrogen (secondary N) is 1. The fraction of sp³-hybridized carbons (Fsp3) is 0.353. The summed E-state index contributed by atoms with van der Waals surface area (Å²) in [6, 6.07) is 7.87. The third-order valence-electron chi connectivity index (χ3n) is 4.44. The standard InChI is InChI=1S/C17H17N3O3/c1-10-18-14-9-20(8-13(14)16(21)19-10)17(22)15-12-5-3-2-4-11(12)6-7-23-15/h2-5,15H,6-9H2,1H3,(H,18,19,21). The maximum absolute atomic E-state index is 12.9. The van der Waals surface area contributed by atoms with Crippen LogP contribution in [0.5, 0.6) is 0 Å². The second kappa shape index (κ2) is 5.31. The fourth-order valence-electron chi connectivity index (χ4n) is 3.31. The van der Waals surface area contributed by atoms with Gasteiger partial charge in [0.25, 0.3) is 11.5 Å². The normalized spacial score (nSPS) is 19.3. The minimum Gasteiger partial charge on any atom is -0.363 e. The van der Waals surface area contributed by atoms with Crippen LogP contribution in [-0.2, 0) is 29.0 Å². The second-order valence-corrected chi connectivity index (χ2v) is 5.97. The van der Waals surface area contributed by atoms with E-state index in [0.29, 0.717) is 36.8 Å². The van der Waals surface area contributed by atoms with Crippen molar-refractivity contribution in [3.05, 3.63) is 62.8 Å². The molecular weight excluding hydrogens is 294 g/mol. The van der Waals surface area contributed by atoms with E-state index in [9.17, 15) is 9.59 Å². The molecule has 3 heterocycles. The zero-order valence-corrected chi connectivity index (χ0v) is 12.8. The van der Waals surface area contributed by atoms with Crippen LogP contribution in [0.3, 0.4) is 0 Å². The molecule has 118 valence electrons. The Morgan fingerprint density at radius 1 is 1.35 bits per heavy atom. The molecule has 1 unspecified atom stereocenters. The van der Waals surface area contributed by atoms with Crippen molar-refractivity contribution in [2.75, 3.05) is 6.61 Å². The Morgan fingerprint density at radius 2 is 2.17 bits per heavy atom. The van der Waals surface area contributed by atoms with Crippen LogP contribution in [0.2, 0.25) is 0 Å². The minimum atomic E-state index is -0.588. The number of ether oxygens (including phenoxy) is 1. The van der Waals surface area contributed by atoms with Crippen LogP contribution in [0.1, 0.15) is 34.3 Å². The van der Waals surface area contributed by atoms with Gasteiger partial charge in [0.2, 0.25) is 0 Å². The average Bonchev–Trinajstić information content (AvgIpc) is 2.98. The van der Waals surface area contributed by atoms with Gasteiger partial charge in [-0.05, 0) is 24.5 Å². The number of amides is 1. The van der Waals surface area contributed by atoms with Crippen LogP contribution in [0.15, 0.2) is 29.1 Å². The van der Waals surface area contributed by atoms with E-state index in [2.05, 4.69) is 9.97 Å². The molecule has 23 heavy (non-hydrogen) atoms. The number of rotatable bonds is 1. The van der Waals surface area contributed by atoms with E-state index in [0.717, 1.165) is 17.5 Å². The number of benzene rings is 1. The van der Waals surface area contributed by atoms with Gasteiger partial charge in [0.1, 0.15) is 5.82 Å². The Bertz CT molecular complexity index is 843. The first-order valence-electron chi connectivity index (χ1n) is 7.70. The summed E-state index contributed by atoms with van der Waals surface area (Å²) in [6.45, 7) is 2.93. The van der Waals surface area contributed by atoms with Gasteiger partial charge in [-0.15, -0.1) is 0 Å².